The smallest absolute Gasteiger partial charge is 0.320 e. The Labute approximate surface area is 138 Å². The number of aryl methyl sites for hydroxylation is 1. The molecule has 0 N–H and O–H groups in total. The predicted molar refractivity (Wildman–Crippen MR) is 90.3 cm³/mol. The summed E-state index contributed by atoms with van der Waals surface area (Å²) in [6.07, 6.45) is 5.48. The van der Waals surface area contributed by atoms with Crippen LogP contribution in [0.25, 0.3) is 0 Å². The molecule has 4 heteroatoms. The van der Waals surface area contributed by atoms with Gasteiger partial charge in [-0.15, -0.1) is 0 Å². The van der Waals surface area contributed by atoms with Crippen molar-refractivity contribution in [3.8, 4) is 0 Å². The standard InChI is InChI=1S/C19H26N2O2/c22-18(11-10-16-7-2-1-3-8-16)17-9-6-14-21(15-17)19(23)20-12-4-5-13-20/h1-3,7-8,17H,4-6,9-15H2/t17-/m1/s1. The second-order valence-corrected chi connectivity index (χ2v) is 6.71. The first-order valence-corrected chi connectivity index (χ1v) is 8.84. The van der Waals surface area contributed by atoms with Crippen molar-refractivity contribution >= 4 is 11.8 Å². The molecule has 0 saturated carbocycles. The topological polar surface area (TPSA) is 40.6 Å². The molecule has 2 saturated heterocycles. The number of carbonyl (C=O) groups excluding carboxylic acids is 2. The van der Waals surface area contributed by atoms with Crippen LogP contribution in [-0.2, 0) is 11.2 Å². The van der Waals surface area contributed by atoms with Crippen molar-refractivity contribution in [2.24, 2.45) is 5.92 Å². The molecule has 4 nitrogen and oxygen atoms in total. The fourth-order valence-corrected chi connectivity index (χ4v) is 3.64. The molecule has 2 heterocycles. The average molecular weight is 314 g/mol. The van der Waals surface area contributed by atoms with Crippen molar-refractivity contribution in [2.75, 3.05) is 26.2 Å². The highest BCUT2D eigenvalue weighted by molar-refractivity contribution is 5.83. The summed E-state index contributed by atoms with van der Waals surface area (Å²) in [6.45, 7) is 3.17. The van der Waals surface area contributed by atoms with Crippen molar-refractivity contribution in [3.63, 3.8) is 0 Å². The molecular weight excluding hydrogens is 288 g/mol. The van der Waals surface area contributed by atoms with Gasteiger partial charge in [-0.1, -0.05) is 30.3 Å². The van der Waals surface area contributed by atoms with Crippen LogP contribution in [0.4, 0.5) is 4.79 Å². The first kappa shape index (κ1) is 16.0. The fourth-order valence-electron chi connectivity index (χ4n) is 3.64. The Hall–Kier alpha value is -1.84. The molecule has 1 atom stereocenters. The maximum atomic E-state index is 12.5. The molecule has 1 aromatic rings. The summed E-state index contributed by atoms with van der Waals surface area (Å²) in [7, 11) is 0. The van der Waals surface area contributed by atoms with Gasteiger partial charge in [0, 0.05) is 38.5 Å². The number of urea groups is 1. The molecular formula is C19H26N2O2. The molecule has 0 aliphatic carbocycles. The highest BCUT2D eigenvalue weighted by Crippen LogP contribution is 2.22. The van der Waals surface area contributed by atoms with Gasteiger partial charge in [0.2, 0.25) is 0 Å². The number of benzene rings is 1. The van der Waals surface area contributed by atoms with Gasteiger partial charge in [0.15, 0.2) is 0 Å². The van der Waals surface area contributed by atoms with Gasteiger partial charge in [-0.2, -0.15) is 0 Å². The Morgan fingerprint density at radius 2 is 1.65 bits per heavy atom. The van der Waals surface area contributed by atoms with Crippen LogP contribution in [0.5, 0.6) is 0 Å². The van der Waals surface area contributed by atoms with Gasteiger partial charge < -0.3 is 9.80 Å². The molecule has 2 amide bonds. The molecule has 0 aromatic heterocycles. The second-order valence-electron chi connectivity index (χ2n) is 6.71. The van der Waals surface area contributed by atoms with E-state index >= 15 is 0 Å². The maximum absolute atomic E-state index is 12.5. The minimum atomic E-state index is 0.0269. The number of Topliss-reactive ketones (excluding diaryl/α,β-unsaturated/α-hetero) is 1. The number of likely N-dealkylation sites (tertiary alicyclic amines) is 2. The molecule has 3 rings (SSSR count). The summed E-state index contributed by atoms with van der Waals surface area (Å²) in [5, 5.41) is 0. The van der Waals surface area contributed by atoms with Gasteiger partial charge in [0.05, 0.1) is 0 Å². The number of nitrogens with zero attached hydrogens (tertiary/aromatic N) is 2. The van der Waals surface area contributed by atoms with Crippen LogP contribution >= 0.6 is 0 Å². The van der Waals surface area contributed by atoms with E-state index in [1.165, 1.54) is 5.56 Å². The molecule has 2 fully saturated rings. The van der Waals surface area contributed by atoms with E-state index in [2.05, 4.69) is 12.1 Å². The molecule has 0 unspecified atom stereocenters. The van der Waals surface area contributed by atoms with Crippen LogP contribution in [0.2, 0.25) is 0 Å². The van der Waals surface area contributed by atoms with E-state index in [-0.39, 0.29) is 11.9 Å². The molecule has 2 aliphatic rings. The van der Waals surface area contributed by atoms with E-state index in [1.807, 2.05) is 28.0 Å². The van der Waals surface area contributed by atoms with Gasteiger partial charge in [0.1, 0.15) is 5.78 Å². The fraction of sp³-hybridized carbons (Fsp3) is 0.579. The van der Waals surface area contributed by atoms with Crippen molar-refractivity contribution in [1.29, 1.82) is 0 Å². The maximum Gasteiger partial charge on any atom is 0.320 e. The zero-order chi connectivity index (χ0) is 16.1. The largest absolute Gasteiger partial charge is 0.325 e. The zero-order valence-corrected chi connectivity index (χ0v) is 13.7. The SMILES string of the molecule is O=C(CCc1ccccc1)[C@@H]1CCCN(C(=O)N2CCCC2)C1. The third kappa shape index (κ3) is 4.12. The van der Waals surface area contributed by atoms with Crippen molar-refractivity contribution < 1.29 is 9.59 Å². The van der Waals surface area contributed by atoms with E-state index in [4.69, 9.17) is 0 Å². The molecule has 0 spiro atoms. The molecule has 124 valence electrons. The number of carbonyl (C=O) groups is 2. The van der Waals surface area contributed by atoms with Crippen molar-refractivity contribution in [1.82, 2.24) is 9.80 Å². The summed E-state index contributed by atoms with van der Waals surface area (Å²) >= 11 is 0. The van der Waals surface area contributed by atoms with Crippen LogP contribution in [0.3, 0.4) is 0 Å². The van der Waals surface area contributed by atoms with Gasteiger partial charge in [-0.3, -0.25) is 4.79 Å². The quantitative estimate of drug-likeness (QED) is 0.857. The third-order valence-electron chi connectivity index (χ3n) is 5.03. The molecule has 2 aliphatic heterocycles. The summed E-state index contributed by atoms with van der Waals surface area (Å²) in [5.41, 5.74) is 1.21. The van der Waals surface area contributed by atoms with E-state index in [9.17, 15) is 9.59 Å². The third-order valence-corrected chi connectivity index (χ3v) is 5.03. The summed E-state index contributed by atoms with van der Waals surface area (Å²) in [4.78, 5) is 28.8. The van der Waals surface area contributed by atoms with E-state index in [0.717, 1.165) is 51.7 Å². The second kappa shape index (κ2) is 7.62. The number of hydrogen-bond donors (Lipinski definition) is 0. The number of ketones is 1. The predicted octanol–water partition coefficient (Wildman–Crippen LogP) is 3.12. The average Bonchev–Trinajstić information content (AvgIpc) is 3.14. The lowest BCUT2D eigenvalue weighted by molar-refractivity contribution is -0.124. The lowest BCUT2D eigenvalue weighted by Gasteiger charge is -2.34. The number of amides is 2. The number of piperidine rings is 1. The summed E-state index contributed by atoms with van der Waals surface area (Å²) in [6, 6.07) is 10.3. The van der Waals surface area contributed by atoms with Crippen LogP contribution in [0.1, 0.15) is 37.7 Å². The minimum absolute atomic E-state index is 0.0269. The van der Waals surface area contributed by atoms with Crippen LogP contribution in [0.15, 0.2) is 30.3 Å². The molecule has 0 radical (unpaired) electrons. The molecule has 23 heavy (non-hydrogen) atoms. The van der Waals surface area contributed by atoms with Gasteiger partial charge in [0.25, 0.3) is 0 Å². The highest BCUT2D eigenvalue weighted by Gasteiger charge is 2.31. The minimum Gasteiger partial charge on any atom is -0.325 e. The zero-order valence-electron chi connectivity index (χ0n) is 13.7. The molecule has 1 aromatic carbocycles. The van der Waals surface area contributed by atoms with Crippen LogP contribution < -0.4 is 0 Å². The lowest BCUT2D eigenvalue weighted by atomic mass is 9.90. The Kier molecular flexibility index (Phi) is 5.31. The normalized spacial score (nSPS) is 21.5. The Balaban J connectivity index is 1.51. The van der Waals surface area contributed by atoms with Crippen molar-refractivity contribution in [2.45, 2.75) is 38.5 Å². The molecule has 0 bridgehead atoms. The monoisotopic (exact) mass is 314 g/mol. The Morgan fingerprint density at radius 1 is 0.957 bits per heavy atom. The Bertz CT molecular complexity index is 538. The highest BCUT2D eigenvalue weighted by atomic mass is 16.2. The van der Waals surface area contributed by atoms with E-state index in [0.29, 0.717) is 18.7 Å². The Morgan fingerprint density at radius 3 is 2.39 bits per heavy atom. The van der Waals surface area contributed by atoms with Crippen LogP contribution in [0, 0.1) is 5.92 Å². The van der Waals surface area contributed by atoms with Gasteiger partial charge in [-0.25, -0.2) is 4.79 Å². The summed E-state index contributed by atoms with van der Waals surface area (Å²) < 4.78 is 0. The first-order valence-electron chi connectivity index (χ1n) is 8.84. The van der Waals surface area contributed by atoms with E-state index in [1.54, 1.807) is 0 Å². The number of rotatable bonds is 4. The summed E-state index contributed by atoms with van der Waals surface area (Å²) in [5.74, 6) is 0.340. The van der Waals surface area contributed by atoms with E-state index < -0.39 is 0 Å². The van der Waals surface area contributed by atoms with Crippen molar-refractivity contribution in [3.05, 3.63) is 35.9 Å². The van der Waals surface area contributed by atoms with Gasteiger partial charge >= 0.3 is 6.03 Å². The van der Waals surface area contributed by atoms with Gasteiger partial charge in [-0.05, 0) is 37.7 Å². The van der Waals surface area contributed by atoms with Crippen LogP contribution in [-0.4, -0.2) is 47.8 Å². The lowest BCUT2D eigenvalue weighted by Crippen LogP contribution is -2.48. The number of hydrogen-bond acceptors (Lipinski definition) is 2. The first-order chi connectivity index (χ1) is 11.2.